The molecule has 2 heterocycles. The molecule has 2 saturated heterocycles. The van der Waals surface area contributed by atoms with Gasteiger partial charge in [-0.3, -0.25) is 9.69 Å². The van der Waals surface area contributed by atoms with Gasteiger partial charge in [0.15, 0.2) is 0 Å². The summed E-state index contributed by atoms with van der Waals surface area (Å²) in [6.07, 6.45) is 3.30. The Bertz CT molecular complexity index is 513. The van der Waals surface area contributed by atoms with Gasteiger partial charge in [0.2, 0.25) is 0 Å². The lowest BCUT2D eigenvalue weighted by Crippen LogP contribution is -2.49. The number of hydrogen-bond acceptors (Lipinski definition) is 4. The quantitative estimate of drug-likeness (QED) is 0.801. The summed E-state index contributed by atoms with van der Waals surface area (Å²) in [5.74, 6) is 0.960. The number of ether oxygens (including phenoxy) is 2. The van der Waals surface area contributed by atoms with Crippen LogP contribution >= 0.6 is 0 Å². The molecule has 21 heavy (non-hydrogen) atoms. The van der Waals surface area contributed by atoms with Crippen molar-refractivity contribution in [3.8, 4) is 5.75 Å². The van der Waals surface area contributed by atoms with E-state index in [0.717, 1.165) is 18.6 Å². The van der Waals surface area contributed by atoms with Crippen molar-refractivity contribution in [2.75, 3.05) is 21.3 Å². The number of rotatable bonds is 3. The second-order valence-corrected chi connectivity index (χ2v) is 6.13. The number of methoxy groups -OCH3 is 2. The highest BCUT2D eigenvalue weighted by molar-refractivity contribution is 5.75. The number of nitrogens with zero attached hydrogens (tertiary/aromatic N) is 1. The molecular formula is C17H23NO3. The number of benzene rings is 1. The van der Waals surface area contributed by atoms with E-state index in [-0.39, 0.29) is 17.8 Å². The van der Waals surface area contributed by atoms with Crippen molar-refractivity contribution in [3.05, 3.63) is 29.8 Å². The summed E-state index contributed by atoms with van der Waals surface area (Å²) >= 11 is 0. The van der Waals surface area contributed by atoms with Gasteiger partial charge in [-0.1, -0.05) is 12.1 Å². The van der Waals surface area contributed by atoms with E-state index in [4.69, 9.17) is 9.47 Å². The zero-order chi connectivity index (χ0) is 15.0. The third-order valence-electron chi connectivity index (χ3n) is 5.29. The Kier molecular flexibility index (Phi) is 3.89. The molecule has 2 aliphatic rings. The van der Waals surface area contributed by atoms with Crippen molar-refractivity contribution < 1.29 is 14.3 Å². The van der Waals surface area contributed by atoms with E-state index in [0.29, 0.717) is 12.1 Å². The predicted octanol–water partition coefficient (Wildman–Crippen LogP) is 2.43. The van der Waals surface area contributed by atoms with Crippen LogP contribution in [-0.4, -0.2) is 44.2 Å². The van der Waals surface area contributed by atoms with Gasteiger partial charge in [0, 0.05) is 18.0 Å². The van der Waals surface area contributed by atoms with Crippen LogP contribution in [0.25, 0.3) is 0 Å². The van der Waals surface area contributed by atoms with Crippen LogP contribution in [0.3, 0.4) is 0 Å². The van der Waals surface area contributed by atoms with Gasteiger partial charge in [0.05, 0.1) is 20.1 Å². The van der Waals surface area contributed by atoms with Crippen LogP contribution in [0.15, 0.2) is 24.3 Å². The minimum absolute atomic E-state index is 0.0628. The SMILES string of the molecule is COC(=O)C1C2CCC(C[C@H]1c1ccc(OC)cc1)N2C. The number of fused-ring (bicyclic) bond motifs is 2. The summed E-state index contributed by atoms with van der Waals surface area (Å²) in [5, 5.41) is 0. The smallest absolute Gasteiger partial charge is 0.310 e. The fourth-order valence-corrected chi connectivity index (χ4v) is 4.12. The van der Waals surface area contributed by atoms with Crippen molar-refractivity contribution in [2.45, 2.75) is 37.3 Å². The second-order valence-electron chi connectivity index (χ2n) is 6.13. The minimum atomic E-state index is -0.0759. The molecule has 2 fully saturated rings. The first-order chi connectivity index (χ1) is 10.2. The summed E-state index contributed by atoms with van der Waals surface area (Å²) in [6.45, 7) is 0. The summed E-state index contributed by atoms with van der Waals surface area (Å²) in [6, 6.07) is 9.02. The average Bonchev–Trinajstić information content (AvgIpc) is 2.76. The van der Waals surface area contributed by atoms with Gasteiger partial charge >= 0.3 is 5.97 Å². The molecule has 1 aromatic rings. The number of carbonyl (C=O) groups excluding carboxylic acids is 1. The molecule has 4 heteroatoms. The molecule has 0 aliphatic carbocycles. The molecule has 0 radical (unpaired) electrons. The molecule has 4 nitrogen and oxygen atoms in total. The molecule has 3 rings (SSSR count). The maximum absolute atomic E-state index is 12.3. The molecule has 0 amide bonds. The number of piperidine rings is 1. The molecule has 3 unspecified atom stereocenters. The summed E-state index contributed by atoms with van der Waals surface area (Å²) in [4.78, 5) is 14.7. The maximum atomic E-state index is 12.3. The van der Waals surface area contributed by atoms with E-state index in [1.165, 1.54) is 19.1 Å². The van der Waals surface area contributed by atoms with E-state index >= 15 is 0 Å². The molecule has 1 aromatic carbocycles. The van der Waals surface area contributed by atoms with Crippen LogP contribution in [0.2, 0.25) is 0 Å². The lowest BCUT2D eigenvalue weighted by atomic mass is 9.76. The van der Waals surface area contributed by atoms with E-state index in [1.54, 1.807) is 7.11 Å². The van der Waals surface area contributed by atoms with Crippen LogP contribution in [0.1, 0.15) is 30.7 Å². The van der Waals surface area contributed by atoms with Crippen molar-refractivity contribution in [1.29, 1.82) is 0 Å². The highest BCUT2D eigenvalue weighted by Gasteiger charge is 2.49. The fourth-order valence-electron chi connectivity index (χ4n) is 4.12. The molecule has 0 spiro atoms. The van der Waals surface area contributed by atoms with Gasteiger partial charge in [-0.05, 0) is 44.0 Å². The molecule has 4 atom stereocenters. The fraction of sp³-hybridized carbons (Fsp3) is 0.588. The molecule has 0 aromatic heterocycles. The highest BCUT2D eigenvalue weighted by Crippen LogP contribution is 2.46. The summed E-state index contributed by atoms with van der Waals surface area (Å²) in [5.41, 5.74) is 1.22. The van der Waals surface area contributed by atoms with E-state index in [2.05, 4.69) is 24.1 Å². The van der Waals surface area contributed by atoms with Crippen molar-refractivity contribution in [2.24, 2.45) is 5.92 Å². The second kappa shape index (κ2) is 5.68. The topological polar surface area (TPSA) is 38.8 Å². The van der Waals surface area contributed by atoms with Crippen molar-refractivity contribution in [3.63, 3.8) is 0 Å². The molecular weight excluding hydrogens is 266 g/mol. The highest BCUT2D eigenvalue weighted by atomic mass is 16.5. The zero-order valence-corrected chi connectivity index (χ0v) is 12.9. The first-order valence-corrected chi connectivity index (χ1v) is 7.59. The standard InChI is InChI=1S/C17H23NO3/c1-18-12-6-9-15(18)16(17(19)21-3)14(10-12)11-4-7-13(20-2)8-5-11/h4-5,7-8,12,14-16H,6,9-10H2,1-3H3/t12?,14-,15?,16?/m0/s1. The van der Waals surface area contributed by atoms with E-state index < -0.39 is 0 Å². The number of esters is 1. The van der Waals surface area contributed by atoms with Gasteiger partial charge in [0.25, 0.3) is 0 Å². The van der Waals surface area contributed by atoms with Crippen molar-refractivity contribution in [1.82, 2.24) is 4.90 Å². The molecule has 114 valence electrons. The van der Waals surface area contributed by atoms with Gasteiger partial charge in [-0.2, -0.15) is 0 Å². The van der Waals surface area contributed by atoms with E-state index in [9.17, 15) is 4.79 Å². The molecule has 0 N–H and O–H groups in total. The lowest BCUT2D eigenvalue weighted by molar-refractivity contribution is -0.150. The summed E-state index contributed by atoms with van der Waals surface area (Å²) < 4.78 is 10.3. The Balaban J connectivity index is 1.92. The third-order valence-corrected chi connectivity index (χ3v) is 5.29. The van der Waals surface area contributed by atoms with Gasteiger partial charge < -0.3 is 9.47 Å². The normalized spacial score (nSPS) is 32.0. The van der Waals surface area contributed by atoms with Crippen LogP contribution < -0.4 is 4.74 Å². The van der Waals surface area contributed by atoms with Gasteiger partial charge in [0.1, 0.15) is 5.75 Å². The van der Waals surface area contributed by atoms with Crippen LogP contribution in [0.4, 0.5) is 0 Å². The largest absolute Gasteiger partial charge is 0.497 e. The first kappa shape index (κ1) is 14.4. The van der Waals surface area contributed by atoms with Crippen molar-refractivity contribution >= 4 is 5.97 Å². The van der Waals surface area contributed by atoms with E-state index in [1.807, 2.05) is 12.1 Å². The lowest BCUT2D eigenvalue weighted by Gasteiger charge is -2.41. The Hall–Kier alpha value is -1.55. The van der Waals surface area contributed by atoms with Crippen LogP contribution in [0.5, 0.6) is 5.75 Å². The Morgan fingerprint density at radius 3 is 2.52 bits per heavy atom. The van der Waals surface area contributed by atoms with Crippen LogP contribution in [-0.2, 0) is 9.53 Å². The van der Waals surface area contributed by atoms with Gasteiger partial charge in [-0.25, -0.2) is 0 Å². The Labute approximate surface area is 126 Å². The zero-order valence-electron chi connectivity index (χ0n) is 12.9. The number of carbonyl (C=O) groups is 1. The summed E-state index contributed by atoms with van der Waals surface area (Å²) in [7, 11) is 5.30. The maximum Gasteiger partial charge on any atom is 0.310 e. The molecule has 0 saturated carbocycles. The third kappa shape index (κ3) is 2.42. The average molecular weight is 289 g/mol. The Morgan fingerprint density at radius 1 is 1.19 bits per heavy atom. The monoisotopic (exact) mass is 289 g/mol. The Morgan fingerprint density at radius 2 is 1.90 bits per heavy atom. The first-order valence-electron chi connectivity index (χ1n) is 7.59. The van der Waals surface area contributed by atoms with Crippen LogP contribution in [0, 0.1) is 5.92 Å². The van der Waals surface area contributed by atoms with Gasteiger partial charge in [-0.15, -0.1) is 0 Å². The predicted molar refractivity (Wildman–Crippen MR) is 80.4 cm³/mol. The number of hydrogen-bond donors (Lipinski definition) is 0. The minimum Gasteiger partial charge on any atom is -0.497 e. The molecule has 2 aliphatic heterocycles. The molecule has 2 bridgehead atoms.